The van der Waals surface area contributed by atoms with E-state index in [4.69, 9.17) is 4.74 Å². The summed E-state index contributed by atoms with van der Waals surface area (Å²) in [5.41, 5.74) is 1.22. The minimum atomic E-state index is -4.42. The fourth-order valence-corrected chi connectivity index (χ4v) is 2.98. The van der Waals surface area contributed by atoms with Gasteiger partial charge in [-0.25, -0.2) is 8.42 Å². The maximum atomic E-state index is 10.9. The van der Waals surface area contributed by atoms with Crippen LogP contribution in [-0.4, -0.2) is 13.0 Å². The monoisotopic (exact) mass is 370 g/mol. The number of unbranched alkanes of at least 4 members (excludes halogenated alkanes) is 4. The third kappa shape index (κ3) is 7.92. The van der Waals surface area contributed by atoms with Gasteiger partial charge in [0.15, 0.2) is 0 Å². The summed E-state index contributed by atoms with van der Waals surface area (Å²) in [6, 6.07) is 13.4. The zero-order valence-corrected chi connectivity index (χ0v) is 17.7. The van der Waals surface area contributed by atoms with Crippen LogP contribution in [0, 0.1) is 0 Å². The van der Waals surface area contributed by atoms with Gasteiger partial charge in [0.1, 0.15) is 21.6 Å². The molecule has 0 heterocycles. The summed E-state index contributed by atoms with van der Waals surface area (Å²) in [5.74, 6) is 1.21. The van der Waals surface area contributed by atoms with Crippen LogP contribution in [0.1, 0.15) is 44.6 Å². The second kappa shape index (κ2) is 11.0. The van der Waals surface area contributed by atoms with Crippen LogP contribution in [0.3, 0.4) is 0 Å². The van der Waals surface area contributed by atoms with Gasteiger partial charge in [0.25, 0.3) is 0 Å². The molecule has 0 saturated heterocycles. The van der Waals surface area contributed by atoms with E-state index in [1.807, 2.05) is 18.2 Å². The Morgan fingerprint density at radius 2 is 1.60 bits per heavy atom. The van der Waals surface area contributed by atoms with Crippen molar-refractivity contribution in [3.05, 3.63) is 54.1 Å². The molecule has 0 aliphatic rings. The van der Waals surface area contributed by atoms with Gasteiger partial charge in [-0.05, 0) is 54.8 Å². The smallest absolute Gasteiger partial charge is 0.744 e. The predicted molar refractivity (Wildman–Crippen MR) is 93.4 cm³/mol. The van der Waals surface area contributed by atoms with E-state index in [0.717, 1.165) is 6.42 Å². The molecular weight excluding hydrogens is 347 g/mol. The Morgan fingerprint density at radius 3 is 2.24 bits per heavy atom. The Labute approximate surface area is 172 Å². The molecule has 0 unspecified atom stereocenters. The second-order valence-electron chi connectivity index (χ2n) is 5.84. The second-order valence-corrected chi connectivity index (χ2v) is 7.22. The first kappa shape index (κ1) is 22.2. The molecule has 0 aliphatic carbocycles. The molecule has 0 aromatic heterocycles. The first-order chi connectivity index (χ1) is 11.5. The first-order valence-corrected chi connectivity index (χ1v) is 9.72. The summed E-state index contributed by atoms with van der Waals surface area (Å²) in [4.78, 5) is -0.254. The fourth-order valence-electron chi connectivity index (χ4n) is 2.51. The van der Waals surface area contributed by atoms with E-state index >= 15 is 0 Å². The van der Waals surface area contributed by atoms with Crippen LogP contribution in [0.25, 0.3) is 0 Å². The number of hydrogen-bond acceptors (Lipinski definition) is 4. The van der Waals surface area contributed by atoms with Crippen molar-refractivity contribution in [2.24, 2.45) is 0 Å². The third-order valence-electron chi connectivity index (χ3n) is 3.82. The van der Waals surface area contributed by atoms with Crippen LogP contribution in [0.15, 0.2) is 53.4 Å². The summed E-state index contributed by atoms with van der Waals surface area (Å²) in [6.07, 6.45) is 7.24. The molecule has 2 rings (SSSR count). The van der Waals surface area contributed by atoms with E-state index < -0.39 is 10.1 Å². The van der Waals surface area contributed by atoms with Crippen molar-refractivity contribution in [1.29, 1.82) is 0 Å². The van der Waals surface area contributed by atoms with Crippen molar-refractivity contribution in [2.75, 3.05) is 0 Å². The number of ether oxygens (including phenoxy) is 1. The molecule has 0 amide bonds. The first-order valence-electron chi connectivity index (χ1n) is 8.32. The molecule has 0 fully saturated rings. The molecule has 4 nitrogen and oxygen atoms in total. The number of hydrogen-bond donors (Lipinski definition) is 0. The maximum Gasteiger partial charge on any atom is 1.00 e. The number of benzene rings is 2. The molecule has 0 radical (unpaired) electrons. The Hall–Kier alpha value is -0.850. The van der Waals surface area contributed by atoms with Crippen molar-refractivity contribution >= 4 is 10.1 Å². The average molecular weight is 370 g/mol. The molecule has 6 heteroatoms. The number of aryl methyl sites for hydroxylation is 1. The van der Waals surface area contributed by atoms with Gasteiger partial charge in [-0.15, -0.1) is 0 Å². The van der Waals surface area contributed by atoms with Crippen LogP contribution < -0.4 is 34.3 Å². The zero-order valence-electron chi connectivity index (χ0n) is 14.9. The van der Waals surface area contributed by atoms with E-state index in [9.17, 15) is 13.0 Å². The normalized spacial score (nSPS) is 11.0. The van der Waals surface area contributed by atoms with E-state index in [0.29, 0.717) is 11.5 Å². The Kier molecular flexibility index (Phi) is 9.75. The molecule has 0 bridgehead atoms. The molecule has 0 atom stereocenters. The molecule has 2 aromatic rings. The third-order valence-corrected chi connectivity index (χ3v) is 4.67. The molecule has 0 saturated carbocycles. The molecule has 0 aliphatic heterocycles. The van der Waals surface area contributed by atoms with Crippen LogP contribution in [0.5, 0.6) is 11.5 Å². The zero-order chi connectivity index (χ0) is 17.4. The van der Waals surface area contributed by atoms with Gasteiger partial charge >= 0.3 is 29.6 Å². The van der Waals surface area contributed by atoms with Crippen LogP contribution in [-0.2, 0) is 16.5 Å². The molecule has 130 valence electrons. The van der Waals surface area contributed by atoms with E-state index in [1.165, 1.54) is 61.9 Å². The summed E-state index contributed by atoms with van der Waals surface area (Å²) in [6.45, 7) is 2.21. The Bertz CT molecular complexity index is 742. The molecular formula is C19H23NaO4S. The van der Waals surface area contributed by atoms with Crippen molar-refractivity contribution in [2.45, 2.75) is 50.3 Å². The largest absolute Gasteiger partial charge is 1.00 e. The Morgan fingerprint density at radius 1 is 0.920 bits per heavy atom. The van der Waals surface area contributed by atoms with Gasteiger partial charge < -0.3 is 9.29 Å². The van der Waals surface area contributed by atoms with Gasteiger partial charge in [0.2, 0.25) is 0 Å². The van der Waals surface area contributed by atoms with E-state index in [-0.39, 0.29) is 34.5 Å². The van der Waals surface area contributed by atoms with Gasteiger partial charge in [-0.2, -0.15) is 0 Å². The summed E-state index contributed by atoms with van der Waals surface area (Å²) >= 11 is 0. The van der Waals surface area contributed by atoms with Gasteiger partial charge in [0.05, 0.1) is 4.90 Å². The number of rotatable bonds is 9. The van der Waals surface area contributed by atoms with Crippen LogP contribution >= 0.6 is 0 Å². The van der Waals surface area contributed by atoms with Gasteiger partial charge in [0, 0.05) is 0 Å². The minimum absolute atomic E-state index is 0. The standard InChI is InChI=1S/C19H24O4S.Na/c1-2-3-4-5-6-8-16-9-7-10-18(15-16)23-17-11-13-19(14-12-17)24(20,21)22;/h7,9-15H,2-6,8H2,1H3,(H,20,21,22);/q;+1/p-1. The summed E-state index contributed by atoms with van der Waals surface area (Å²) in [7, 11) is -4.42. The van der Waals surface area contributed by atoms with Gasteiger partial charge in [-0.1, -0.05) is 44.7 Å². The Balaban J connectivity index is 0.00000312. The SMILES string of the molecule is CCCCCCCc1cccc(Oc2ccc(S(=O)(=O)[O-])cc2)c1.[Na+]. The maximum absolute atomic E-state index is 10.9. The molecule has 0 N–H and O–H groups in total. The quantitative estimate of drug-likeness (QED) is 0.384. The van der Waals surface area contributed by atoms with Crippen LogP contribution in [0.4, 0.5) is 0 Å². The van der Waals surface area contributed by atoms with E-state index in [2.05, 4.69) is 13.0 Å². The fraction of sp³-hybridized carbons (Fsp3) is 0.368. The topological polar surface area (TPSA) is 66.4 Å². The summed E-state index contributed by atoms with van der Waals surface area (Å²) in [5, 5.41) is 0. The predicted octanol–water partition coefficient (Wildman–Crippen LogP) is 1.90. The molecule has 2 aromatic carbocycles. The van der Waals surface area contributed by atoms with Crippen molar-refractivity contribution in [1.82, 2.24) is 0 Å². The van der Waals surface area contributed by atoms with Crippen molar-refractivity contribution < 1.29 is 47.3 Å². The van der Waals surface area contributed by atoms with Crippen molar-refractivity contribution in [3.8, 4) is 11.5 Å². The average Bonchev–Trinajstić information content (AvgIpc) is 2.55. The van der Waals surface area contributed by atoms with Gasteiger partial charge in [-0.3, -0.25) is 0 Å². The molecule has 25 heavy (non-hydrogen) atoms. The van der Waals surface area contributed by atoms with E-state index in [1.54, 1.807) is 0 Å². The summed E-state index contributed by atoms with van der Waals surface area (Å²) < 4.78 is 38.5. The molecule has 0 spiro atoms. The minimum Gasteiger partial charge on any atom is -0.744 e. The van der Waals surface area contributed by atoms with Crippen LogP contribution in [0.2, 0.25) is 0 Å². The van der Waals surface area contributed by atoms with Crippen molar-refractivity contribution in [3.63, 3.8) is 0 Å².